The molecule has 1 atom stereocenters. The number of urea groups is 1. The van der Waals surface area contributed by atoms with Crippen molar-refractivity contribution in [2.45, 2.75) is 24.9 Å². The highest BCUT2D eigenvalue weighted by molar-refractivity contribution is 5.94. The monoisotopic (exact) mass is 477 g/mol. The van der Waals surface area contributed by atoms with E-state index in [4.69, 9.17) is 5.73 Å². The van der Waals surface area contributed by atoms with Crippen LogP contribution in [0.3, 0.4) is 0 Å². The second kappa shape index (κ2) is 9.09. The van der Waals surface area contributed by atoms with Crippen LogP contribution in [0.1, 0.15) is 34.8 Å². The number of primary amides is 1. The summed E-state index contributed by atoms with van der Waals surface area (Å²) in [6.45, 7) is 5.27. The summed E-state index contributed by atoms with van der Waals surface area (Å²) in [7, 11) is 0. The van der Waals surface area contributed by atoms with Crippen molar-refractivity contribution >= 4 is 23.2 Å². The molecule has 0 radical (unpaired) electrons. The van der Waals surface area contributed by atoms with Crippen LogP contribution in [0, 0.1) is 0 Å². The number of nitrogens with one attached hydrogen (secondary N) is 4. The Kier molecular flexibility index (Phi) is 6.17. The van der Waals surface area contributed by atoms with E-state index in [1.807, 2.05) is 25.3 Å². The first kappa shape index (κ1) is 23.7. The predicted octanol–water partition coefficient (Wildman–Crippen LogP) is 4.31. The van der Waals surface area contributed by atoms with E-state index in [9.17, 15) is 18.4 Å². The van der Waals surface area contributed by atoms with Gasteiger partial charge < -0.3 is 27.0 Å². The van der Waals surface area contributed by atoms with Crippen molar-refractivity contribution in [3.05, 3.63) is 108 Å². The zero-order valence-electron chi connectivity index (χ0n) is 19.0. The van der Waals surface area contributed by atoms with Crippen molar-refractivity contribution < 1.29 is 18.4 Å². The van der Waals surface area contributed by atoms with Gasteiger partial charge in [0.25, 0.3) is 5.92 Å². The molecule has 3 amide bonds. The molecule has 180 valence electrons. The van der Waals surface area contributed by atoms with Crippen LogP contribution < -0.4 is 27.0 Å². The summed E-state index contributed by atoms with van der Waals surface area (Å²) in [5, 5.41) is 11.9. The van der Waals surface area contributed by atoms with Gasteiger partial charge in [0.15, 0.2) is 0 Å². The van der Waals surface area contributed by atoms with Gasteiger partial charge in [-0.05, 0) is 48.4 Å². The molecule has 2 aromatic carbocycles. The van der Waals surface area contributed by atoms with E-state index < -0.39 is 29.9 Å². The third-order valence-corrected chi connectivity index (χ3v) is 5.84. The predicted molar refractivity (Wildman–Crippen MR) is 131 cm³/mol. The number of carbonyl (C=O) groups is 2. The number of dihydropyridines is 1. The zero-order chi connectivity index (χ0) is 25.2. The van der Waals surface area contributed by atoms with Crippen LogP contribution in [0.4, 0.5) is 19.3 Å². The fraction of sp³-hybridized carbons (Fsp3) is 0.154. The van der Waals surface area contributed by atoms with E-state index >= 15 is 0 Å². The number of hydrogen-bond acceptors (Lipinski definition) is 4. The molecule has 35 heavy (non-hydrogen) atoms. The fourth-order valence-electron chi connectivity index (χ4n) is 3.91. The highest BCUT2D eigenvalue weighted by Crippen LogP contribution is 2.34. The van der Waals surface area contributed by atoms with Gasteiger partial charge >= 0.3 is 6.03 Å². The summed E-state index contributed by atoms with van der Waals surface area (Å²) >= 11 is 0. The Balaban J connectivity index is 1.48. The van der Waals surface area contributed by atoms with E-state index in [1.165, 1.54) is 30.3 Å². The van der Waals surface area contributed by atoms with Gasteiger partial charge in [0.05, 0.1) is 5.70 Å². The molecule has 0 bridgehead atoms. The molecule has 0 aromatic heterocycles. The molecule has 2 heterocycles. The molecule has 0 fully saturated rings. The Morgan fingerprint density at radius 3 is 2.51 bits per heavy atom. The van der Waals surface area contributed by atoms with Crippen LogP contribution in [0.2, 0.25) is 0 Å². The lowest BCUT2D eigenvalue weighted by molar-refractivity contribution is -0.000837. The average molecular weight is 478 g/mol. The van der Waals surface area contributed by atoms with Crippen LogP contribution in [0.5, 0.6) is 0 Å². The van der Waals surface area contributed by atoms with Crippen molar-refractivity contribution in [1.82, 2.24) is 16.0 Å². The molecule has 0 aliphatic carbocycles. The molecule has 0 saturated carbocycles. The van der Waals surface area contributed by atoms with E-state index in [1.54, 1.807) is 24.4 Å². The van der Waals surface area contributed by atoms with Gasteiger partial charge in [-0.2, -0.15) is 0 Å². The van der Waals surface area contributed by atoms with Crippen molar-refractivity contribution in [3.8, 4) is 0 Å². The number of fused-ring (bicyclic) bond motifs is 1. The number of benzene rings is 2. The minimum atomic E-state index is -3.02. The topological polar surface area (TPSA) is 108 Å². The molecule has 4 rings (SSSR count). The Morgan fingerprint density at radius 1 is 1.11 bits per heavy atom. The third-order valence-electron chi connectivity index (χ3n) is 5.84. The normalized spacial score (nSPS) is 18.7. The van der Waals surface area contributed by atoms with Crippen LogP contribution in [0.15, 0.2) is 90.9 Å². The number of allylic oxidation sites excluding steroid dienone is 3. The Labute approximate surface area is 201 Å². The number of rotatable bonds is 7. The van der Waals surface area contributed by atoms with Gasteiger partial charge in [-0.1, -0.05) is 30.3 Å². The molecule has 0 spiro atoms. The third kappa shape index (κ3) is 4.93. The second-order valence-electron chi connectivity index (χ2n) is 8.43. The molecular formula is C26H25F2N5O2. The van der Waals surface area contributed by atoms with Gasteiger partial charge in [0.2, 0.25) is 5.91 Å². The first-order valence-corrected chi connectivity index (χ1v) is 10.9. The lowest BCUT2D eigenvalue weighted by Gasteiger charge is -2.32. The lowest BCUT2D eigenvalue weighted by atomic mass is 9.92. The number of halogens is 2. The molecule has 1 unspecified atom stereocenters. The largest absolute Gasteiger partial charge is 0.366 e. The number of anilines is 1. The Bertz CT molecular complexity index is 1280. The van der Waals surface area contributed by atoms with Crippen molar-refractivity contribution in [3.63, 3.8) is 0 Å². The van der Waals surface area contributed by atoms with Crippen LogP contribution >= 0.6 is 0 Å². The molecular weight excluding hydrogens is 452 g/mol. The first-order chi connectivity index (χ1) is 16.6. The quantitative estimate of drug-likeness (QED) is 0.383. The van der Waals surface area contributed by atoms with Gasteiger partial charge in [0.1, 0.15) is 5.66 Å². The lowest BCUT2D eigenvalue weighted by Crippen LogP contribution is -2.50. The zero-order valence-corrected chi connectivity index (χ0v) is 19.0. The number of amides is 3. The maximum Gasteiger partial charge on any atom is 0.323 e. The summed E-state index contributed by atoms with van der Waals surface area (Å²) in [6.07, 6.45) is 6.09. The second-order valence-corrected chi connectivity index (χ2v) is 8.43. The average Bonchev–Trinajstić information content (AvgIpc) is 3.14. The Morgan fingerprint density at radius 2 is 1.83 bits per heavy atom. The standard InChI is InChI=1S/C26H25F2N5O2/c1-3-11-26(27,28)19-7-9-20(10-8-19)32-24(35)33-22-15-31-25(2)21(22)13-18(14-30-25)16-5-4-6-17(12-16)23(29)34/h3-10,12-15,30-31H,1,11H2,2H3,(H2,29,34)(H2,32,33,35). The molecule has 0 saturated heterocycles. The maximum atomic E-state index is 14.0. The number of carbonyl (C=O) groups excluding carboxylic acids is 2. The van der Waals surface area contributed by atoms with Crippen LogP contribution in [0.25, 0.3) is 5.57 Å². The van der Waals surface area contributed by atoms with Crippen LogP contribution in [-0.4, -0.2) is 17.6 Å². The summed E-state index contributed by atoms with van der Waals surface area (Å²) in [5.74, 6) is -3.54. The smallest absolute Gasteiger partial charge is 0.323 e. The summed E-state index contributed by atoms with van der Waals surface area (Å²) in [6, 6.07) is 11.8. The fourth-order valence-corrected chi connectivity index (χ4v) is 3.91. The minimum absolute atomic E-state index is 0.153. The van der Waals surface area contributed by atoms with Gasteiger partial charge in [-0.25, -0.2) is 13.6 Å². The molecule has 2 aliphatic rings. The van der Waals surface area contributed by atoms with Crippen LogP contribution in [-0.2, 0) is 5.92 Å². The van der Waals surface area contributed by atoms with E-state index in [0.29, 0.717) is 16.9 Å². The Hall–Kier alpha value is -4.40. The van der Waals surface area contributed by atoms with Gasteiger partial charge in [0, 0.05) is 41.2 Å². The molecule has 6 N–H and O–H groups in total. The molecule has 2 aliphatic heterocycles. The highest BCUT2D eigenvalue weighted by atomic mass is 19.3. The maximum absolute atomic E-state index is 14.0. The number of alkyl halides is 2. The minimum Gasteiger partial charge on any atom is -0.366 e. The summed E-state index contributed by atoms with van der Waals surface area (Å²) in [4.78, 5) is 24.2. The van der Waals surface area contributed by atoms with Gasteiger partial charge in [-0.15, -0.1) is 6.58 Å². The number of hydrogen-bond donors (Lipinski definition) is 5. The van der Waals surface area contributed by atoms with Crippen molar-refractivity contribution in [1.29, 1.82) is 0 Å². The highest BCUT2D eigenvalue weighted by Gasteiger charge is 2.37. The van der Waals surface area contributed by atoms with E-state index in [2.05, 4.69) is 27.8 Å². The summed E-state index contributed by atoms with van der Waals surface area (Å²) in [5.41, 5.74) is 8.25. The van der Waals surface area contributed by atoms with E-state index in [-0.39, 0.29) is 5.56 Å². The molecule has 9 heteroatoms. The molecule has 7 nitrogen and oxygen atoms in total. The van der Waals surface area contributed by atoms with E-state index in [0.717, 1.165) is 16.7 Å². The van der Waals surface area contributed by atoms with Gasteiger partial charge in [-0.3, -0.25) is 4.79 Å². The number of nitrogens with two attached hydrogens (primary N) is 1. The molecule has 2 aromatic rings. The SMILES string of the molecule is C=CCC(F)(F)c1ccc(NC(=O)NC2=CNC3(C)NC=C(c4cccc(C(N)=O)c4)C=C23)cc1. The van der Waals surface area contributed by atoms with Crippen molar-refractivity contribution in [2.75, 3.05) is 5.32 Å². The summed E-state index contributed by atoms with van der Waals surface area (Å²) < 4.78 is 28.0. The first-order valence-electron chi connectivity index (χ1n) is 10.9. The van der Waals surface area contributed by atoms with Crippen molar-refractivity contribution in [2.24, 2.45) is 5.73 Å².